The van der Waals surface area contributed by atoms with Gasteiger partial charge in [0.15, 0.2) is 0 Å². The summed E-state index contributed by atoms with van der Waals surface area (Å²) in [7, 11) is 1.99. The molecule has 0 spiro atoms. The van der Waals surface area contributed by atoms with Crippen molar-refractivity contribution < 1.29 is 9.53 Å². The Morgan fingerprint density at radius 1 is 1.08 bits per heavy atom. The minimum atomic E-state index is -0.0829. The summed E-state index contributed by atoms with van der Waals surface area (Å²) < 4.78 is 8.12. The Hall–Kier alpha value is -3.95. The van der Waals surface area contributed by atoms with Crippen molar-refractivity contribution in [2.45, 2.75) is 19.8 Å². The van der Waals surface area contributed by atoms with Crippen LogP contribution >= 0.6 is 0 Å². The first-order valence-electron chi connectivity index (χ1n) is 12.6. The molecule has 2 aromatic carbocycles. The molecule has 9 nitrogen and oxygen atoms in total. The molecule has 0 atom stereocenters. The molecular weight excluding hydrogens is 466 g/mol. The van der Waals surface area contributed by atoms with Gasteiger partial charge >= 0.3 is 0 Å². The van der Waals surface area contributed by atoms with Crippen molar-refractivity contribution >= 4 is 34.4 Å². The molecule has 0 radical (unpaired) electrons. The Kier molecular flexibility index (Phi) is 7.34. The molecule has 5 rings (SSSR count). The number of anilines is 3. The second-order valence-corrected chi connectivity index (χ2v) is 9.60. The fourth-order valence-corrected chi connectivity index (χ4v) is 4.39. The van der Waals surface area contributed by atoms with Crippen LogP contribution in [0.25, 0.3) is 11.0 Å². The van der Waals surface area contributed by atoms with Crippen molar-refractivity contribution in [1.82, 2.24) is 24.8 Å². The number of nitrogens with one attached hydrogen (secondary N) is 3. The highest BCUT2D eigenvalue weighted by Gasteiger charge is 2.15. The van der Waals surface area contributed by atoms with Crippen LogP contribution < -0.4 is 20.7 Å². The molecule has 1 saturated heterocycles. The van der Waals surface area contributed by atoms with Crippen molar-refractivity contribution in [3.05, 3.63) is 66.4 Å². The minimum absolute atomic E-state index is 0.0829. The molecule has 1 aliphatic rings. The second-order valence-electron chi connectivity index (χ2n) is 9.60. The number of carbonyl (C=O) groups excluding carboxylic acids is 1. The number of benzene rings is 2. The summed E-state index contributed by atoms with van der Waals surface area (Å²) in [6.45, 7) is 8.24. The van der Waals surface area contributed by atoms with Gasteiger partial charge in [-0.2, -0.15) is 0 Å². The number of aryl methyl sites for hydroxylation is 1. The smallest absolute Gasteiger partial charge is 0.239 e. The van der Waals surface area contributed by atoms with Crippen LogP contribution in [-0.2, 0) is 11.8 Å². The summed E-state index contributed by atoms with van der Waals surface area (Å²) in [5.74, 6) is 2.84. The van der Waals surface area contributed by atoms with Crippen LogP contribution in [0.15, 0.2) is 60.8 Å². The van der Waals surface area contributed by atoms with E-state index in [1.807, 2.05) is 35.9 Å². The number of fused-ring (bicyclic) bond motifs is 1. The van der Waals surface area contributed by atoms with Crippen LogP contribution in [0.5, 0.6) is 11.5 Å². The van der Waals surface area contributed by atoms with E-state index in [2.05, 4.69) is 57.9 Å². The quantitative estimate of drug-likeness (QED) is 0.329. The van der Waals surface area contributed by atoms with Crippen LogP contribution in [-0.4, -0.2) is 58.1 Å². The van der Waals surface area contributed by atoms with E-state index >= 15 is 0 Å². The van der Waals surface area contributed by atoms with E-state index in [-0.39, 0.29) is 5.91 Å². The molecule has 1 aliphatic heterocycles. The Balaban J connectivity index is 1.27. The maximum atomic E-state index is 12.4. The number of hydrogen-bond acceptors (Lipinski definition) is 7. The van der Waals surface area contributed by atoms with Crippen molar-refractivity contribution in [2.24, 2.45) is 7.05 Å². The molecular formula is C28H33N7O2. The zero-order valence-electron chi connectivity index (χ0n) is 21.5. The van der Waals surface area contributed by atoms with E-state index in [0.717, 1.165) is 48.8 Å². The third-order valence-corrected chi connectivity index (χ3v) is 6.47. The summed E-state index contributed by atoms with van der Waals surface area (Å²) >= 11 is 0. The van der Waals surface area contributed by atoms with Gasteiger partial charge in [0.25, 0.3) is 0 Å². The van der Waals surface area contributed by atoms with E-state index in [9.17, 15) is 4.79 Å². The number of amides is 1. The largest absolute Gasteiger partial charge is 0.457 e. The number of piperazine rings is 1. The van der Waals surface area contributed by atoms with Crippen molar-refractivity contribution in [2.75, 3.05) is 43.4 Å². The SMILES string of the molecule is CC(C)c1cccc(Nc2nc3cc(Oc4ccnc(NC(=O)CN5CCNCC5)c4)ccc3n2C)c1. The maximum Gasteiger partial charge on any atom is 0.239 e. The van der Waals surface area contributed by atoms with Crippen molar-refractivity contribution in [3.8, 4) is 11.5 Å². The highest BCUT2D eigenvalue weighted by Crippen LogP contribution is 2.29. The van der Waals surface area contributed by atoms with E-state index in [4.69, 9.17) is 9.72 Å². The Morgan fingerprint density at radius 2 is 1.89 bits per heavy atom. The predicted octanol–water partition coefficient (Wildman–Crippen LogP) is 4.47. The number of imidazole rings is 1. The summed E-state index contributed by atoms with van der Waals surface area (Å²) in [6.07, 6.45) is 1.63. The third-order valence-electron chi connectivity index (χ3n) is 6.47. The lowest BCUT2D eigenvalue weighted by molar-refractivity contribution is -0.117. The van der Waals surface area contributed by atoms with Gasteiger partial charge in [0, 0.05) is 57.2 Å². The standard InChI is InChI=1S/C28H33N7O2/c1-19(2)20-5-4-6-21(15-20)31-28-32-24-16-22(7-8-25(24)34(28)3)37-23-9-10-30-26(17-23)33-27(36)18-35-13-11-29-12-14-35/h4-10,15-17,19,29H,11-14,18H2,1-3H3,(H,31,32)(H,30,33,36). The van der Waals surface area contributed by atoms with Gasteiger partial charge in [-0.3, -0.25) is 9.69 Å². The lowest BCUT2D eigenvalue weighted by Gasteiger charge is -2.26. The van der Waals surface area contributed by atoms with E-state index in [1.165, 1.54) is 5.56 Å². The molecule has 1 fully saturated rings. The molecule has 0 unspecified atom stereocenters. The summed E-state index contributed by atoms with van der Waals surface area (Å²) in [4.78, 5) is 23.6. The lowest BCUT2D eigenvalue weighted by Crippen LogP contribution is -2.46. The van der Waals surface area contributed by atoms with Crippen LogP contribution in [0.4, 0.5) is 17.5 Å². The maximum absolute atomic E-state index is 12.4. The summed E-state index contributed by atoms with van der Waals surface area (Å²) in [6, 6.07) is 17.7. The molecule has 2 aromatic heterocycles. The zero-order chi connectivity index (χ0) is 25.8. The number of aromatic nitrogens is 3. The average Bonchev–Trinajstić information content (AvgIpc) is 3.19. The minimum Gasteiger partial charge on any atom is -0.457 e. The molecule has 9 heteroatoms. The molecule has 0 aliphatic carbocycles. The van der Waals surface area contributed by atoms with Crippen molar-refractivity contribution in [3.63, 3.8) is 0 Å². The molecule has 3 heterocycles. The molecule has 3 N–H and O–H groups in total. The first kappa shape index (κ1) is 24.7. The van der Waals surface area contributed by atoms with Gasteiger partial charge in [0.2, 0.25) is 11.9 Å². The van der Waals surface area contributed by atoms with E-state index < -0.39 is 0 Å². The highest BCUT2D eigenvalue weighted by atomic mass is 16.5. The van der Waals surface area contributed by atoms with Gasteiger partial charge in [0.1, 0.15) is 17.3 Å². The molecule has 192 valence electrons. The zero-order valence-corrected chi connectivity index (χ0v) is 21.5. The molecule has 0 bridgehead atoms. The second kappa shape index (κ2) is 11.0. The monoisotopic (exact) mass is 499 g/mol. The van der Waals surface area contributed by atoms with Crippen LogP contribution in [0.1, 0.15) is 25.3 Å². The summed E-state index contributed by atoms with van der Waals surface area (Å²) in [5, 5.41) is 9.60. The van der Waals surface area contributed by atoms with Crippen LogP contribution in [0.2, 0.25) is 0 Å². The average molecular weight is 500 g/mol. The van der Waals surface area contributed by atoms with Gasteiger partial charge in [0.05, 0.1) is 17.6 Å². The van der Waals surface area contributed by atoms with Gasteiger partial charge in [-0.1, -0.05) is 26.0 Å². The fourth-order valence-electron chi connectivity index (χ4n) is 4.39. The summed E-state index contributed by atoms with van der Waals surface area (Å²) in [5.41, 5.74) is 4.09. The first-order valence-corrected chi connectivity index (χ1v) is 12.6. The molecule has 37 heavy (non-hydrogen) atoms. The number of nitrogens with zero attached hydrogens (tertiary/aromatic N) is 4. The molecule has 0 saturated carbocycles. The third kappa shape index (κ3) is 6.07. The first-order chi connectivity index (χ1) is 17.9. The van der Waals surface area contributed by atoms with Gasteiger partial charge in [-0.15, -0.1) is 0 Å². The number of pyridine rings is 1. The Morgan fingerprint density at radius 3 is 2.70 bits per heavy atom. The molecule has 4 aromatic rings. The molecule has 1 amide bonds. The number of hydrogen-bond donors (Lipinski definition) is 3. The van der Waals surface area contributed by atoms with Gasteiger partial charge < -0.3 is 25.3 Å². The highest BCUT2D eigenvalue weighted by molar-refractivity contribution is 5.91. The number of ether oxygens (including phenoxy) is 1. The van der Waals surface area contributed by atoms with Crippen LogP contribution in [0, 0.1) is 0 Å². The normalized spacial score (nSPS) is 14.2. The number of rotatable bonds is 8. The fraction of sp³-hybridized carbons (Fsp3) is 0.321. The van der Waals surface area contributed by atoms with Crippen molar-refractivity contribution in [1.29, 1.82) is 0 Å². The van der Waals surface area contributed by atoms with Crippen LogP contribution in [0.3, 0.4) is 0 Å². The van der Waals surface area contributed by atoms with E-state index in [1.54, 1.807) is 18.3 Å². The predicted molar refractivity (Wildman–Crippen MR) is 147 cm³/mol. The lowest BCUT2D eigenvalue weighted by atomic mass is 10.0. The van der Waals surface area contributed by atoms with Gasteiger partial charge in [-0.05, 0) is 41.8 Å². The Labute approximate surface area is 216 Å². The Bertz CT molecular complexity index is 1390. The van der Waals surface area contributed by atoms with E-state index in [0.29, 0.717) is 29.8 Å². The number of carbonyl (C=O) groups is 1. The topological polar surface area (TPSA) is 96.3 Å². The van der Waals surface area contributed by atoms with Gasteiger partial charge in [-0.25, -0.2) is 9.97 Å².